The average Bonchev–Trinajstić information content (AvgIpc) is 2.86. The van der Waals surface area contributed by atoms with Gasteiger partial charge in [0.2, 0.25) is 0 Å². The molecule has 4 heteroatoms. The Morgan fingerprint density at radius 3 is 2.95 bits per heavy atom. The summed E-state index contributed by atoms with van der Waals surface area (Å²) < 4.78 is 7.94. The normalized spacial score (nSPS) is 17.5. The third kappa shape index (κ3) is 2.01. The van der Waals surface area contributed by atoms with Crippen LogP contribution in [0.3, 0.4) is 0 Å². The van der Waals surface area contributed by atoms with Crippen molar-refractivity contribution < 1.29 is 4.74 Å². The van der Waals surface area contributed by atoms with E-state index in [2.05, 4.69) is 17.2 Å². The van der Waals surface area contributed by atoms with Crippen molar-refractivity contribution in [3.8, 4) is 23.1 Å². The van der Waals surface area contributed by atoms with Crippen LogP contribution in [0.1, 0.15) is 42.7 Å². The van der Waals surface area contributed by atoms with Gasteiger partial charge < -0.3 is 4.74 Å². The van der Waals surface area contributed by atoms with Crippen LogP contribution in [0.2, 0.25) is 0 Å². The topological polar surface area (TPSA) is 50.8 Å². The largest absolute Gasteiger partial charge is 0.493 e. The molecule has 0 bridgehead atoms. The molecule has 4 nitrogen and oxygen atoms in total. The van der Waals surface area contributed by atoms with E-state index in [0.717, 1.165) is 30.0 Å². The summed E-state index contributed by atoms with van der Waals surface area (Å²) in [6.07, 6.45) is 6.47. The summed E-state index contributed by atoms with van der Waals surface area (Å²) in [7, 11) is 0. The molecule has 1 fully saturated rings. The van der Waals surface area contributed by atoms with Crippen molar-refractivity contribution in [1.29, 1.82) is 5.26 Å². The molecule has 0 radical (unpaired) electrons. The van der Waals surface area contributed by atoms with E-state index in [-0.39, 0.29) is 0 Å². The van der Waals surface area contributed by atoms with Crippen LogP contribution < -0.4 is 4.74 Å². The van der Waals surface area contributed by atoms with Gasteiger partial charge in [0.25, 0.3) is 0 Å². The standard InChI is InChI=1S/C17H17N3O/c18-11-14-9-13(12-3-1-4-12)10-16-17(14)15-5-6-19-20(15)7-2-8-21-16/h5-6,9-10,12H,1-4,7-8H2. The molecule has 21 heavy (non-hydrogen) atoms. The number of aromatic nitrogens is 2. The number of fused-ring (bicyclic) bond motifs is 3. The second-order valence-corrected chi connectivity index (χ2v) is 5.82. The fraction of sp³-hybridized carbons (Fsp3) is 0.412. The monoisotopic (exact) mass is 279 g/mol. The highest BCUT2D eigenvalue weighted by Crippen LogP contribution is 2.42. The van der Waals surface area contributed by atoms with Crippen molar-refractivity contribution in [1.82, 2.24) is 9.78 Å². The molecule has 2 aliphatic rings. The molecule has 0 saturated heterocycles. The maximum absolute atomic E-state index is 9.58. The van der Waals surface area contributed by atoms with Crippen molar-refractivity contribution in [2.75, 3.05) is 6.61 Å². The number of rotatable bonds is 1. The quantitative estimate of drug-likeness (QED) is 0.803. The molecule has 0 spiro atoms. The Kier molecular flexibility index (Phi) is 2.92. The van der Waals surface area contributed by atoms with Gasteiger partial charge in [-0.1, -0.05) is 6.42 Å². The van der Waals surface area contributed by atoms with Crippen LogP contribution in [0.5, 0.6) is 5.75 Å². The van der Waals surface area contributed by atoms with E-state index in [0.29, 0.717) is 18.1 Å². The smallest absolute Gasteiger partial charge is 0.130 e. The first-order valence-electron chi connectivity index (χ1n) is 7.60. The summed E-state index contributed by atoms with van der Waals surface area (Å²) in [6, 6.07) is 8.51. The van der Waals surface area contributed by atoms with Crippen LogP contribution in [0.15, 0.2) is 24.4 Å². The molecule has 1 aliphatic carbocycles. The highest BCUT2D eigenvalue weighted by Gasteiger charge is 2.25. The lowest BCUT2D eigenvalue weighted by atomic mass is 9.79. The third-order valence-electron chi connectivity index (χ3n) is 4.57. The van der Waals surface area contributed by atoms with Crippen molar-refractivity contribution in [3.05, 3.63) is 35.5 Å². The van der Waals surface area contributed by atoms with Gasteiger partial charge in [0.05, 0.1) is 29.5 Å². The van der Waals surface area contributed by atoms with Crippen molar-refractivity contribution in [2.45, 2.75) is 38.1 Å². The van der Waals surface area contributed by atoms with E-state index < -0.39 is 0 Å². The van der Waals surface area contributed by atoms with Crippen LogP contribution >= 0.6 is 0 Å². The highest BCUT2D eigenvalue weighted by molar-refractivity contribution is 5.75. The first kappa shape index (κ1) is 12.5. The van der Waals surface area contributed by atoms with E-state index >= 15 is 0 Å². The van der Waals surface area contributed by atoms with Gasteiger partial charge in [0.15, 0.2) is 0 Å². The summed E-state index contributed by atoms with van der Waals surface area (Å²) in [5.74, 6) is 1.44. The van der Waals surface area contributed by atoms with Crippen molar-refractivity contribution in [3.63, 3.8) is 0 Å². The van der Waals surface area contributed by atoms with Crippen LogP contribution in [0.25, 0.3) is 11.3 Å². The van der Waals surface area contributed by atoms with Gasteiger partial charge in [-0.15, -0.1) is 0 Å². The lowest BCUT2D eigenvalue weighted by Crippen LogP contribution is -2.14. The van der Waals surface area contributed by atoms with Crippen LogP contribution in [0.4, 0.5) is 0 Å². The Bertz CT molecular complexity index is 722. The number of nitriles is 1. The minimum atomic E-state index is 0.598. The molecule has 0 unspecified atom stereocenters. The van der Waals surface area contributed by atoms with Gasteiger partial charge >= 0.3 is 0 Å². The fourth-order valence-corrected chi connectivity index (χ4v) is 3.20. The number of benzene rings is 1. The maximum atomic E-state index is 9.58. The zero-order chi connectivity index (χ0) is 14.2. The lowest BCUT2D eigenvalue weighted by molar-refractivity contribution is 0.294. The zero-order valence-electron chi connectivity index (χ0n) is 11.9. The zero-order valence-corrected chi connectivity index (χ0v) is 11.9. The SMILES string of the molecule is N#Cc1cc(C2CCC2)cc2c1-c1ccnn1CCCO2. The van der Waals surface area contributed by atoms with Gasteiger partial charge in [-0.2, -0.15) is 10.4 Å². The molecular weight excluding hydrogens is 262 g/mol. The number of ether oxygens (including phenoxy) is 1. The van der Waals surface area contributed by atoms with E-state index in [1.165, 1.54) is 24.8 Å². The van der Waals surface area contributed by atoms with Crippen molar-refractivity contribution in [2.24, 2.45) is 0 Å². The summed E-state index contributed by atoms with van der Waals surface area (Å²) in [5, 5.41) is 13.9. The van der Waals surface area contributed by atoms with Crippen LogP contribution in [0, 0.1) is 11.3 Å². The number of aryl methyl sites for hydroxylation is 1. The summed E-state index contributed by atoms with van der Waals surface area (Å²) in [6.45, 7) is 1.50. The van der Waals surface area contributed by atoms with Gasteiger partial charge in [-0.3, -0.25) is 4.68 Å². The van der Waals surface area contributed by atoms with Gasteiger partial charge in [-0.05, 0) is 42.5 Å². The molecule has 2 aromatic rings. The number of hydrogen-bond acceptors (Lipinski definition) is 3. The van der Waals surface area contributed by atoms with Gasteiger partial charge in [0.1, 0.15) is 5.75 Å². The molecule has 2 heterocycles. The first-order chi connectivity index (χ1) is 10.4. The third-order valence-corrected chi connectivity index (χ3v) is 4.57. The van der Waals surface area contributed by atoms with Crippen LogP contribution in [-0.4, -0.2) is 16.4 Å². The maximum Gasteiger partial charge on any atom is 0.130 e. The molecule has 0 N–H and O–H groups in total. The Balaban J connectivity index is 1.91. The fourth-order valence-electron chi connectivity index (χ4n) is 3.20. The molecule has 106 valence electrons. The molecule has 1 aromatic heterocycles. The molecule has 4 rings (SSSR count). The summed E-state index contributed by atoms with van der Waals surface area (Å²) in [5.41, 5.74) is 3.85. The van der Waals surface area contributed by atoms with E-state index in [1.54, 1.807) is 6.20 Å². The predicted molar refractivity (Wildman–Crippen MR) is 79.1 cm³/mol. The summed E-state index contributed by atoms with van der Waals surface area (Å²) >= 11 is 0. The highest BCUT2D eigenvalue weighted by atomic mass is 16.5. The van der Waals surface area contributed by atoms with E-state index in [1.807, 2.05) is 16.8 Å². The molecular formula is C17H17N3O. The van der Waals surface area contributed by atoms with Gasteiger partial charge in [0, 0.05) is 19.2 Å². The minimum absolute atomic E-state index is 0.598. The molecule has 0 atom stereocenters. The van der Waals surface area contributed by atoms with E-state index in [4.69, 9.17) is 4.74 Å². The molecule has 1 aliphatic heterocycles. The first-order valence-corrected chi connectivity index (χ1v) is 7.60. The Morgan fingerprint density at radius 1 is 1.29 bits per heavy atom. The molecule has 1 saturated carbocycles. The minimum Gasteiger partial charge on any atom is -0.493 e. The van der Waals surface area contributed by atoms with Gasteiger partial charge in [-0.25, -0.2) is 0 Å². The second kappa shape index (κ2) is 4.92. The second-order valence-electron chi connectivity index (χ2n) is 5.82. The Labute approximate surface area is 124 Å². The van der Waals surface area contributed by atoms with Crippen LogP contribution in [-0.2, 0) is 6.54 Å². The van der Waals surface area contributed by atoms with Crippen molar-refractivity contribution >= 4 is 0 Å². The molecule has 0 amide bonds. The number of nitrogens with zero attached hydrogens (tertiary/aromatic N) is 3. The Morgan fingerprint density at radius 2 is 2.19 bits per heavy atom. The average molecular weight is 279 g/mol. The lowest BCUT2D eigenvalue weighted by Gasteiger charge is -2.27. The summed E-state index contributed by atoms with van der Waals surface area (Å²) in [4.78, 5) is 0. The molecule has 1 aromatic carbocycles. The Hall–Kier alpha value is -2.28. The van der Waals surface area contributed by atoms with E-state index in [9.17, 15) is 5.26 Å². The predicted octanol–water partition coefficient (Wildman–Crippen LogP) is 3.47. The number of hydrogen-bond donors (Lipinski definition) is 0.